The lowest BCUT2D eigenvalue weighted by Gasteiger charge is -2.35. The van der Waals surface area contributed by atoms with Gasteiger partial charge in [-0.2, -0.15) is 0 Å². The van der Waals surface area contributed by atoms with Gasteiger partial charge in [-0.1, -0.05) is 6.92 Å². The molecule has 0 aromatic heterocycles. The number of sulfonamides is 1. The summed E-state index contributed by atoms with van der Waals surface area (Å²) in [5.74, 6) is 0.710. The highest BCUT2D eigenvalue weighted by Crippen LogP contribution is 2.30. The molecule has 1 saturated heterocycles. The first-order chi connectivity index (χ1) is 13.5. The number of benzene rings is 2. The third kappa shape index (κ3) is 4.51. The van der Waals surface area contributed by atoms with E-state index in [4.69, 9.17) is 9.47 Å². The van der Waals surface area contributed by atoms with Crippen molar-refractivity contribution in [2.24, 2.45) is 0 Å². The Morgan fingerprint density at radius 3 is 2.21 bits per heavy atom. The maximum absolute atomic E-state index is 12.8. The topological polar surface area (TPSA) is 71.1 Å². The van der Waals surface area contributed by atoms with Gasteiger partial charge in [-0.15, -0.1) is 0 Å². The number of ether oxygens (including phenoxy) is 2. The predicted molar refractivity (Wildman–Crippen MR) is 111 cm³/mol. The van der Waals surface area contributed by atoms with E-state index < -0.39 is 10.0 Å². The van der Waals surface area contributed by atoms with Crippen molar-refractivity contribution in [3.8, 4) is 11.5 Å². The van der Waals surface area contributed by atoms with E-state index in [1.165, 1.54) is 20.3 Å². The molecular weight excluding hydrogens is 378 g/mol. The summed E-state index contributed by atoms with van der Waals surface area (Å²) in [4.78, 5) is 4.77. The molecule has 1 N–H and O–H groups in total. The molecule has 0 aliphatic carbocycles. The van der Waals surface area contributed by atoms with Gasteiger partial charge in [-0.05, 0) is 42.9 Å². The zero-order chi connectivity index (χ0) is 20.1. The lowest BCUT2D eigenvalue weighted by atomic mass is 10.2. The van der Waals surface area contributed by atoms with Crippen LogP contribution in [0.25, 0.3) is 0 Å². The van der Waals surface area contributed by atoms with Gasteiger partial charge in [0.2, 0.25) is 0 Å². The molecular formula is C20H27N3O4S. The van der Waals surface area contributed by atoms with Crippen LogP contribution in [0.3, 0.4) is 0 Å². The average Bonchev–Trinajstić information content (AvgIpc) is 2.73. The van der Waals surface area contributed by atoms with Crippen LogP contribution in [0.2, 0.25) is 0 Å². The second-order valence-corrected chi connectivity index (χ2v) is 8.24. The fourth-order valence-electron chi connectivity index (χ4n) is 3.27. The van der Waals surface area contributed by atoms with Crippen LogP contribution in [-0.2, 0) is 10.0 Å². The first kappa shape index (κ1) is 20.3. The molecule has 0 unspecified atom stereocenters. The summed E-state index contributed by atoms with van der Waals surface area (Å²) in [7, 11) is -0.883. The molecule has 0 saturated carbocycles. The molecule has 152 valence electrons. The maximum atomic E-state index is 12.8. The number of nitrogens with zero attached hydrogens (tertiary/aromatic N) is 2. The highest BCUT2D eigenvalue weighted by molar-refractivity contribution is 7.92. The molecule has 3 rings (SSSR count). The highest BCUT2D eigenvalue weighted by Gasteiger charge is 2.21. The molecule has 2 aromatic carbocycles. The van der Waals surface area contributed by atoms with Crippen molar-refractivity contribution in [1.29, 1.82) is 0 Å². The van der Waals surface area contributed by atoms with E-state index in [0.29, 0.717) is 11.4 Å². The number of piperazine rings is 1. The Bertz CT molecular complexity index is 892. The summed E-state index contributed by atoms with van der Waals surface area (Å²) >= 11 is 0. The lowest BCUT2D eigenvalue weighted by molar-refractivity contribution is 0.271. The third-order valence-corrected chi connectivity index (χ3v) is 6.37. The first-order valence-electron chi connectivity index (χ1n) is 9.29. The normalized spacial score (nSPS) is 15.3. The fourth-order valence-corrected chi connectivity index (χ4v) is 4.51. The number of anilines is 2. The van der Waals surface area contributed by atoms with Gasteiger partial charge in [0.15, 0.2) is 0 Å². The lowest BCUT2D eigenvalue weighted by Crippen LogP contribution is -2.46. The van der Waals surface area contributed by atoms with E-state index in [-0.39, 0.29) is 10.6 Å². The molecule has 0 atom stereocenters. The van der Waals surface area contributed by atoms with Crippen LogP contribution in [-0.4, -0.2) is 60.3 Å². The molecule has 1 aliphatic rings. The minimum Gasteiger partial charge on any atom is -0.497 e. The molecule has 0 amide bonds. The van der Waals surface area contributed by atoms with Gasteiger partial charge in [0.1, 0.15) is 16.4 Å². The van der Waals surface area contributed by atoms with Gasteiger partial charge in [-0.25, -0.2) is 8.42 Å². The number of hydrogen-bond donors (Lipinski definition) is 1. The predicted octanol–water partition coefficient (Wildman–Crippen LogP) is 2.65. The molecule has 7 nitrogen and oxygen atoms in total. The second-order valence-electron chi connectivity index (χ2n) is 6.59. The average molecular weight is 406 g/mol. The Kier molecular flexibility index (Phi) is 6.31. The van der Waals surface area contributed by atoms with Crippen LogP contribution in [0.1, 0.15) is 6.92 Å². The maximum Gasteiger partial charge on any atom is 0.265 e. The van der Waals surface area contributed by atoms with E-state index in [2.05, 4.69) is 21.4 Å². The van der Waals surface area contributed by atoms with Crippen LogP contribution in [0.5, 0.6) is 11.5 Å². The van der Waals surface area contributed by atoms with E-state index in [9.17, 15) is 8.42 Å². The Morgan fingerprint density at radius 1 is 0.964 bits per heavy atom. The Hall–Kier alpha value is -2.45. The van der Waals surface area contributed by atoms with E-state index in [1.54, 1.807) is 24.3 Å². The summed E-state index contributed by atoms with van der Waals surface area (Å²) in [6.45, 7) is 7.27. The summed E-state index contributed by atoms with van der Waals surface area (Å²) in [5.41, 5.74) is 1.60. The summed E-state index contributed by atoms with van der Waals surface area (Å²) in [6.07, 6.45) is 0. The minimum atomic E-state index is -3.81. The van der Waals surface area contributed by atoms with Crippen LogP contribution >= 0.6 is 0 Å². The van der Waals surface area contributed by atoms with E-state index in [0.717, 1.165) is 38.4 Å². The zero-order valence-corrected chi connectivity index (χ0v) is 17.3. The van der Waals surface area contributed by atoms with Crippen LogP contribution in [0.15, 0.2) is 47.4 Å². The Balaban J connectivity index is 1.75. The van der Waals surface area contributed by atoms with Crippen molar-refractivity contribution in [2.75, 3.05) is 56.6 Å². The monoisotopic (exact) mass is 405 g/mol. The summed E-state index contributed by atoms with van der Waals surface area (Å²) in [6, 6.07) is 12.1. The Morgan fingerprint density at radius 2 is 1.64 bits per heavy atom. The quantitative estimate of drug-likeness (QED) is 0.764. The van der Waals surface area contributed by atoms with Crippen molar-refractivity contribution in [3.63, 3.8) is 0 Å². The Labute approximate surface area is 166 Å². The molecule has 28 heavy (non-hydrogen) atoms. The van der Waals surface area contributed by atoms with Gasteiger partial charge >= 0.3 is 0 Å². The van der Waals surface area contributed by atoms with Crippen LogP contribution in [0, 0.1) is 0 Å². The number of likely N-dealkylation sites (N-methyl/N-ethyl adjacent to an activating group) is 1. The second kappa shape index (κ2) is 8.70. The van der Waals surface area contributed by atoms with Gasteiger partial charge in [0.25, 0.3) is 10.0 Å². The standard InChI is InChI=1S/C20H27N3O4S/c1-4-22-11-13-23(14-12-22)17-7-5-16(6-8-17)21-28(24,25)20-15-18(26-2)9-10-19(20)27-3/h5-10,15,21H,4,11-14H2,1-3H3. The van der Waals surface area contributed by atoms with E-state index >= 15 is 0 Å². The molecule has 0 spiro atoms. The molecule has 1 aliphatic heterocycles. The molecule has 1 heterocycles. The minimum absolute atomic E-state index is 0.0362. The van der Waals surface area contributed by atoms with Crippen molar-refractivity contribution in [3.05, 3.63) is 42.5 Å². The number of rotatable bonds is 7. The molecule has 0 bridgehead atoms. The van der Waals surface area contributed by atoms with Gasteiger partial charge < -0.3 is 19.3 Å². The smallest absolute Gasteiger partial charge is 0.265 e. The van der Waals surface area contributed by atoms with Crippen LogP contribution in [0.4, 0.5) is 11.4 Å². The third-order valence-electron chi connectivity index (χ3n) is 4.96. The molecule has 8 heteroatoms. The molecule has 0 radical (unpaired) electrons. The molecule has 1 fully saturated rings. The van der Waals surface area contributed by atoms with Crippen molar-refractivity contribution in [2.45, 2.75) is 11.8 Å². The van der Waals surface area contributed by atoms with Crippen molar-refractivity contribution >= 4 is 21.4 Å². The number of methoxy groups -OCH3 is 2. The SMILES string of the molecule is CCN1CCN(c2ccc(NS(=O)(=O)c3cc(OC)ccc3OC)cc2)CC1. The van der Waals surface area contributed by atoms with Crippen molar-refractivity contribution < 1.29 is 17.9 Å². The molecule has 2 aromatic rings. The fraction of sp³-hybridized carbons (Fsp3) is 0.400. The zero-order valence-electron chi connectivity index (χ0n) is 16.5. The van der Waals surface area contributed by atoms with Crippen molar-refractivity contribution in [1.82, 2.24) is 4.90 Å². The number of hydrogen-bond acceptors (Lipinski definition) is 6. The van der Waals surface area contributed by atoms with Gasteiger partial charge in [-0.3, -0.25) is 4.72 Å². The summed E-state index contributed by atoms with van der Waals surface area (Å²) < 4.78 is 38.6. The van der Waals surface area contributed by atoms with Crippen LogP contribution < -0.4 is 19.1 Å². The van der Waals surface area contributed by atoms with Gasteiger partial charge in [0.05, 0.1) is 14.2 Å². The summed E-state index contributed by atoms with van der Waals surface area (Å²) in [5, 5.41) is 0. The van der Waals surface area contributed by atoms with E-state index in [1.807, 2.05) is 12.1 Å². The first-order valence-corrected chi connectivity index (χ1v) is 10.8. The number of nitrogens with one attached hydrogen (secondary N) is 1. The highest BCUT2D eigenvalue weighted by atomic mass is 32.2. The largest absolute Gasteiger partial charge is 0.497 e. The van der Waals surface area contributed by atoms with Gasteiger partial charge in [0, 0.05) is 43.6 Å².